The van der Waals surface area contributed by atoms with Gasteiger partial charge in [0.15, 0.2) is 0 Å². The predicted octanol–water partition coefficient (Wildman–Crippen LogP) is 3.61. The Hall–Kier alpha value is -1.61. The third-order valence-electron chi connectivity index (χ3n) is 2.92. The molecule has 0 amide bonds. The quantitative estimate of drug-likeness (QED) is 0.855. The minimum atomic E-state index is -0.0571. The van der Waals surface area contributed by atoms with Crippen molar-refractivity contribution in [3.05, 3.63) is 51.8 Å². The van der Waals surface area contributed by atoms with E-state index in [4.69, 9.17) is 11.6 Å². The lowest BCUT2D eigenvalue weighted by Crippen LogP contribution is -2.23. The lowest BCUT2D eigenvalue weighted by atomic mass is 10.1. The van der Waals surface area contributed by atoms with Gasteiger partial charge in [-0.25, -0.2) is 4.68 Å². The number of halogens is 1. The number of hydrogen-bond donors (Lipinski definition) is 0. The summed E-state index contributed by atoms with van der Waals surface area (Å²) in [6.45, 7) is 4.92. The molecule has 0 atom stereocenters. The first-order chi connectivity index (χ1) is 9.06. The normalized spacial score (nSPS) is 10.9. The second kappa shape index (κ2) is 6.02. The minimum absolute atomic E-state index is 0.0571. The summed E-state index contributed by atoms with van der Waals surface area (Å²) in [6, 6.07) is 10.8. The number of nitrogens with zero attached hydrogens (tertiary/aromatic N) is 2. The fraction of sp³-hybridized carbons (Fsp3) is 0.333. The van der Waals surface area contributed by atoms with Crippen LogP contribution in [0.4, 0.5) is 0 Å². The van der Waals surface area contributed by atoms with Crippen LogP contribution in [0.1, 0.15) is 20.3 Å². The van der Waals surface area contributed by atoms with E-state index in [1.54, 1.807) is 12.1 Å². The highest BCUT2D eigenvalue weighted by molar-refractivity contribution is 6.30. The predicted molar refractivity (Wildman–Crippen MR) is 78.4 cm³/mol. The largest absolute Gasteiger partial charge is 0.268 e. The smallest absolute Gasteiger partial charge is 0.266 e. The van der Waals surface area contributed by atoms with Crippen molar-refractivity contribution in [1.82, 2.24) is 9.78 Å². The molecule has 3 nitrogen and oxygen atoms in total. The van der Waals surface area contributed by atoms with E-state index < -0.39 is 0 Å². The van der Waals surface area contributed by atoms with Crippen LogP contribution < -0.4 is 5.56 Å². The van der Waals surface area contributed by atoms with Gasteiger partial charge in [0.2, 0.25) is 0 Å². The lowest BCUT2D eigenvalue weighted by Gasteiger charge is -2.08. The third-order valence-corrected chi connectivity index (χ3v) is 3.18. The molecule has 0 aliphatic carbocycles. The van der Waals surface area contributed by atoms with Crippen LogP contribution in [0, 0.1) is 5.92 Å². The first kappa shape index (κ1) is 13.8. The number of rotatable bonds is 4. The average Bonchev–Trinajstić information content (AvgIpc) is 2.39. The van der Waals surface area contributed by atoms with Crippen molar-refractivity contribution in [2.75, 3.05) is 0 Å². The van der Waals surface area contributed by atoms with Gasteiger partial charge in [-0.2, -0.15) is 5.10 Å². The van der Waals surface area contributed by atoms with Gasteiger partial charge in [0.25, 0.3) is 5.56 Å². The summed E-state index contributed by atoms with van der Waals surface area (Å²) in [4.78, 5) is 11.7. The Bertz CT molecular complexity index is 602. The second-order valence-corrected chi connectivity index (χ2v) is 5.41. The molecule has 0 bridgehead atoms. The maximum Gasteiger partial charge on any atom is 0.266 e. The van der Waals surface area contributed by atoms with E-state index >= 15 is 0 Å². The van der Waals surface area contributed by atoms with Crippen molar-refractivity contribution in [2.45, 2.75) is 26.8 Å². The lowest BCUT2D eigenvalue weighted by molar-refractivity contribution is 0.473. The molecule has 0 aliphatic heterocycles. The van der Waals surface area contributed by atoms with Crippen molar-refractivity contribution in [1.29, 1.82) is 0 Å². The van der Waals surface area contributed by atoms with Crippen molar-refractivity contribution in [2.24, 2.45) is 5.92 Å². The van der Waals surface area contributed by atoms with Gasteiger partial charge in [0.1, 0.15) is 0 Å². The third kappa shape index (κ3) is 3.67. The van der Waals surface area contributed by atoms with E-state index in [9.17, 15) is 4.79 Å². The molecule has 0 N–H and O–H groups in total. The number of benzene rings is 1. The van der Waals surface area contributed by atoms with E-state index in [-0.39, 0.29) is 5.56 Å². The summed E-state index contributed by atoms with van der Waals surface area (Å²) in [5, 5.41) is 5.10. The van der Waals surface area contributed by atoms with E-state index in [1.807, 2.05) is 24.3 Å². The molecular formula is C15H17ClN2O. The SMILES string of the molecule is CC(C)CCn1nc(-c2ccc(Cl)cc2)ccc1=O. The summed E-state index contributed by atoms with van der Waals surface area (Å²) in [5.74, 6) is 0.549. The molecule has 0 aliphatic rings. The van der Waals surface area contributed by atoms with Crippen LogP contribution in [0.2, 0.25) is 5.02 Å². The monoisotopic (exact) mass is 276 g/mol. The topological polar surface area (TPSA) is 34.9 Å². The van der Waals surface area contributed by atoms with Gasteiger partial charge in [0, 0.05) is 23.2 Å². The molecule has 0 saturated heterocycles. The first-order valence-electron chi connectivity index (χ1n) is 6.40. The molecule has 2 rings (SSSR count). The molecule has 0 spiro atoms. The summed E-state index contributed by atoms with van der Waals surface area (Å²) in [6.07, 6.45) is 0.941. The van der Waals surface area contributed by atoms with Crippen molar-refractivity contribution in [3.8, 4) is 11.3 Å². The van der Waals surface area contributed by atoms with Gasteiger partial charge in [-0.15, -0.1) is 0 Å². The molecule has 1 aromatic heterocycles. The molecule has 0 radical (unpaired) electrons. The van der Waals surface area contributed by atoms with E-state index in [1.165, 1.54) is 4.68 Å². The van der Waals surface area contributed by atoms with E-state index in [0.29, 0.717) is 17.5 Å². The zero-order valence-corrected chi connectivity index (χ0v) is 11.9. The second-order valence-electron chi connectivity index (χ2n) is 4.97. The van der Waals surface area contributed by atoms with Crippen LogP contribution in [-0.4, -0.2) is 9.78 Å². The number of hydrogen-bond acceptors (Lipinski definition) is 2. The fourth-order valence-corrected chi connectivity index (χ4v) is 1.89. The van der Waals surface area contributed by atoms with Crippen LogP contribution in [0.25, 0.3) is 11.3 Å². The minimum Gasteiger partial charge on any atom is -0.268 e. The summed E-state index contributed by atoms with van der Waals surface area (Å²) in [7, 11) is 0. The van der Waals surface area contributed by atoms with Crippen LogP contribution in [0.5, 0.6) is 0 Å². The maximum atomic E-state index is 11.7. The molecule has 1 heterocycles. The molecule has 4 heteroatoms. The summed E-state index contributed by atoms with van der Waals surface area (Å²) < 4.78 is 1.53. The Morgan fingerprint density at radius 3 is 2.47 bits per heavy atom. The van der Waals surface area contributed by atoms with Gasteiger partial charge >= 0.3 is 0 Å². The van der Waals surface area contributed by atoms with Crippen molar-refractivity contribution in [3.63, 3.8) is 0 Å². The van der Waals surface area contributed by atoms with Crippen molar-refractivity contribution < 1.29 is 0 Å². The molecule has 0 fully saturated rings. The van der Waals surface area contributed by atoms with Gasteiger partial charge < -0.3 is 0 Å². The maximum absolute atomic E-state index is 11.7. The van der Waals surface area contributed by atoms with E-state index in [0.717, 1.165) is 17.7 Å². The Balaban J connectivity index is 2.30. The number of aromatic nitrogens is 2. The molecule has 100 valence electrons. The molecule has 19 heavy (non-hydrogen) atoms. The standard InChI is InChI=1S/C15H17ClN2O/c1-11(2)9-10-18-15(19)8-7-14(17-18)12-3-5-13(16)6-4-12/h3-8,11H,9-10H2,1-2H3. The summed E-state index contributed by atoms with van der Waals surface area (Å²) >= 11 is 5.86. The Morgan fingerprint density at radius 2 is 1.84 bits per heavy atom. The zero-order chi connectivity index (χ0) is 13.8. The molecule has 2 aromatic rings. The van der Waals surface area contributed by atoms with Crippen LogP contribution in [0.3, 0.4) is 0 Å². The zero-order valence-electron chi connectivity index (χ0n) is 11.1. The summed E-state index contributed by atoms with van der Waals surface area (Å²) in [5.41, 5.74) is 1.70. The highest BCUT2D eigenvalue weighted by Gasteiger charge is 2.04. The van der Waals surface area contributed by atoms with Gasteiger partial charge in [-0.05, 0) is 30.5 Å². The number of aryl methyl sites for hydroxylation is 1. The average molecular weight is 277 g/mol. The molecule has 0 saturated carbocycles. The Kier molecular flexibility index (Phi) is 4.38. The Labute approximate surface area is 117 Å². The van der Waals surface area contributed by atoms with Crippen molar-refractivity contribution >= 4 is 11.6 Å². The highest BCUT2D eigenvalue weighted by atomic mass is 35.5. The Morgan fingerprint density at radius 1 is 1.16 bits per heavy atom. The van der Waals surface area contributed by atoms with E-state index in [2.05, 4.69) is 18.9 Å². The highest BCUT2D eigenvalue weighted by Crippen LogP contribution is 2.18. The van der Waals surface area contributed by atoms with Crippen LogP contribution in [0.15, 0.2) is 41.2 Å². The van der Waals surface area contributed by atoms with Gasteiger partial charge in [-0.3, -0.25) is 4.79 Å². The molecule has 1 aromatic carbocycles. The van der Waals surface area contributed by atoms with Crippen LogP contribution in [-0.2, 0) is 6.54 Å². The molecule has 0 unspecified atom stereocenters. The van der Waals surface area contributed by atoms with Gasteiger partial charge in [0.05, 0.1) is 5.69 Å². The van der Waals surface area contributed by atoms with Gasteiger partial charge in [-0.1, -0.05) is 37.6 Å². The van der Waals surface area contributed by atoms with Crippen LogP contribution >= 0.6 is 11.6 Å². The molecular weight excluding hydrogens is 260 g/mol. The fourth-order valence-electron chi connectivity index (χ4n) is 1.76. The first-order valence-corrected chi connectivity index (χ1v) is 6.78.